The van der Waals surface area contributed by atoms with Crippen LogP contribution in [0.25, 0.3) is 0 Å². The van der Waals surface area contributed by atoms with Crippen LogP contribution in [-0.2, 0) is 4.74 Å². The van der Waals surface area contributed by atoms with Crippen molar-refractivity contribution in [3.63, 3.8) is 0 Å². The van der Waals surface area contributed by atoms with Crippen LogP contribution in [0, 0.1) is 0 Å². The molecule has 1 aromatic carbocycles. The topological polar surface area (TPSA) is 37.0 Å². The van der Waals surface area contributed by atoms with E-state index in [-0.39, 0.29) is 0 Å². The molecular formula is C21H35N3O2. The Morgan fingerprint density at radius 2 is 1.81 bits per heavy atom. The number of hydrogen-bond donors (Lipinski definition) is 1. The first-order valence-electron chi connectivity index (χ1n) is 10.2. The van der Waals surface area contributed by atoms with Crippen LogP contribution in [-0.4, -0.2) is 75.4 Å². The minimum absolute atomic E-state index is 0.401. The summed E-state index contributed by atoms with van der Waals surface area (Å²) in [6, 6.07) is 9.62. The number of nitrogens with zero attached hydrogens (tertiary/aromatic N) is 2. The lowest BCUT2D eigenvalue weighted by molar-refractivity contribution is 0.0151. The second-order valence-corrected chi connectivity index (χ2v) is 7.46. The molecule has 2 fully saturated rings. The van der Waals surface area contributed by atoms with E-state index in [0.717, 1.165) is 38.6 Å². The third-order valence-corrected chi connectivity index (χ3v) is 5.71. The Hall–Kier alpha value is -1.14. The van der Waals surface area contributed by atoms with Crippen molar-refractivity contribution in [3.05, 3.63) is 29.8 Å². The number of piperidine rings is 1. The molecule has 2 aliphatic heterocycles. The summed E-state index contributed by atoms with van der Waals surface area (Å²) >= 11 is 0. The van der Waals surface area contributed by atoms with Gasteiger partial charge in [-0.15, -0.1) is 0 Å². The van der Waals surface area contributed by atoms with Gasteiger partial charge in [0.1, 0.15) is 5.75 Å². The van der Waals surface area contributed by atoms with Gasteiger partial charge in [0, 0.05) is 31.7 Å². The Morgan fingerprint density at radius 1 is 1.12 bits per heavy atom. The second kappa shape index (κ2) is 10.3. The first kappa shape index (κ1) is 19.6. The Morgan fingerprint density at radius 3 is 2.42 bits per heavy atom. The van der Waals surface area contributed by atoms with Gasteiger partial charge < -0.3 is 19.7 Å². The van der Waals surface area contributed by atoms with Crippen LogP contribution in [0.1, 0.15) is 37.8 Å². The zero-order valence-electron chi connectivity index (χ0n) is 16.5. The van der Waals surface area contributed by atoms with Crippen molar-refractivity contribution in [1.82, 2.24) is 15.1 Å². The van der Waals surface area contributed by atoms with Crippen LogP contribution in [0.5, 0.6) is 5.75 Å². The van der Waals surface area contributed by atoms with E-state index in [2.05, 4.69) is 46.3 Å². The molecule has 146 valence electrons. The van der Waals surface area contributed by atoms with Gasteiger partial charge in [-0.25, -0.2) is 0 Å². The van der Waals surface area contributed by atoms with E-state index in [4.69, 9.17) is 9.47 Å². The standard InChI is InChI=1S/C21H35N3O2/c1-3-10-23-11-8-19(9-12-23)22-17-21(24-13-15-26-16-14-24)18-4-6-20(25-2)7-5-18/h4-7,19,21-22H,3,8-17H2,1-2H3. The lowest BCUT2D eigenvalue weighted by Crippen LogP contribution is -2.47. The van der Waals surface area contributed by atoms with Crippen molar-refractivity contribution in [1.29, 1.82) is 0 Å². The van der Waals surface area contributed by atoms with Crippen molar-refractivity contribution in [2.45, 2.75) is 38.3 Å². The zero-order chi connectivity index (χ0) is 18.2. The first-order valence-corrected chi connectivity index (χ1v) is 10.2. The van der Waals surface area contributed by atoms with Crippen molar-refractivity contribution < 1.29 is 9.47 Å². The van der Waals surface area contributed by atoms with E-state index in [1.54, 1.807) is 7.11 Å². The van der Waals surface area contributed by atoms with Crippen LogP contribution >= 0.6 is 0 Å². The highest BCUT2D eigenvalue weighted by molar-refractivity contribution is 5.29. The van der Waals surface area contributed by atoms with Gasteiger partial charge in [0.15, 0.2) is 0 Å². The van der Waals surface area contributed by atoms with Gasteiger partial charge in [-0.3, -0.25) is 4.90 Å². The highest BCUT2D eigenvalue weighted by Crippen LogP contribution is 2.24. The average molecular weight is 362 g/mol. The number of morpholine rings is 1. The molecule has 2 aliphatic rings. The Bertz CT molecular complexity index is 508. The van der Waals surface area contributed by atoms with Gasteiger partial charge in [0.05, 0.1) is 20.3 Å². The molecule has 0 spiro atoms. The Labute approximate surface area is 158 Å². The van der Waals surface area contributed by atoms with Gasteiger partial charge in [-0.1, -0.05) is 19.1 Å². The third-order valence-electron chi connectivity index (χ3n) is 5.71. The van der Waals surface area contributed by atoms with Gasteiger partial charge in [-0.05, 0) is 56.6 Å². The van der Waals surface area contributed by atoms with Gasteiger partial charge in [0.25, 0.3) is 0 Å². The molecule has 3 rings (SSSR count). The van der Waals surface area contributed by atoms with Crippen molar-refractivity contribution >= 4 is 0 Å². The van der Waals surface area contributed by atoms with Crippen LogP contribution in [0.3, 0.4) is 0 Å². The molecule has 0 bridgehead atoms. The summed E-state index contributed by atoms with van der Waals surface area (Å²) in [5.74, 6) is 0.922. The number of benzene rings is 1. The number of hydrogen-bond acceptors (Lipinski definition) is 5. The molecule has 1 unspecified atom stereocenters. The average Bonchev–Trinajstić information content (AvgIpc) is 2.71. The molecule has 0 amide bonds. The van der Waals surface area contributed by atoms with Gasteiger partial charge >= 0.3 is 0 Å². The number of ether oxygens (including phenoxy) is 2. The maximum Gasteiger partial charge on any atom is 0.118 e. The lowest BCUT2D eigenvalue weighted by atomic mass is 10.0. The maximum atomic E-state index is 5.56. The first-order chi connectivity index (χ1) is 12.8. The third kappa shape index (κ3) is 5.43. The number of rotatable bonds is 8. The Balaban J connectivity index is 1.58. The summed E-state index contributed by atoms with van der Waals surface area (Å²) in [6.45, 7) is 10.7. The minimum Gasteiger partial charge on any atom is -0.497 e. The summed E-state index contributed by atoms with van der Waals surface area (Å²) in [5.41, 5.74) is 1.36. The smallest absolute Gasteiger partial charge is 0.118 e. The molecule has 5 nitrogen and oxygen atoms in total. The van der Waals surface area contributed by atoms with Gasteiger partial charge in [0.2, 0.25) is 0 Å². The molecule has 0 saturated carbocycles. The highest BCUT2D eigenvalue weighted by atomic mass is 16.5. The molecule has 1 aromatic rings. The van der Waals surface area contributed by atoms with E-state index >= 15 is 0 Å². The zero-order valence-corrected chi connectivity index (χ0v) is 16.5. The van der Waals surface area contributed by atoms with Crippen molar-refractivity contribution in [2.75, 3.05) is 59.6 Å². The normalized spacial score (nSPS) is 21.6. The largest absolute Gasteiger partial charge is 0.497 e. The van der Waals surface area contributed by atoms with E-state index < -0.39 is 0 Å². The maximum absolute atomic E-state index is 5.56. The van der Waals surface area contributed by atoms with Crippen molar-refractivity contribution in [2.24, 2.45) is 0 Å². The van der Waals surface area contributed by atoms with Crippen LogP contribution in [0.2, 0.25) is 0 Å². The number of methoxy groups -OCH3 is 1. The van der Waals surface area contributed by atoms with Crippen LogP contribution in [0.15, 0.2) is 24.3 Å². The predicted molar refractivity (Wildman–Crippen MR) is 106 cm³/mol. The monoisotopic (exact) mass is 361 g/mol. The quantitative estimate of drug-likeness (QED) is 0.770. The predicted octanol–water partition coefficient (Wildman–Crippen LogP) is 2.53. The van der Waals surface area contributed by atoms with E-state index in [1.165, 1.54) is 44.5 Å². The van der Waals surface area contributed by atoms with E-state index in [9.17, 15) is 0 Å². The summed E-state index contributed by atoms with van der Waals surface area (Å²) < 4.78 is 10.9. The van der Waals surface area contributed by atoms with Gasteiger partial charge in [-0.2, -0.15) is 0 Å². The fourth-order valence-corrected chi connectivity index (χ4v) is 4.13. The number of nitrogens with one attached hydrogen (secondary N) is 1. The molecule has 5 heteroatoms. The number of likely N-dealkylation sites (tertiary alicyclic amines) is 1. The van der Waals surface area contributed by atoms with Crippen LogP contribution < -0.4 is 10.1 Å². The van der Waals surface area contributed by atoms with Crippen LogP contribution in [0.4, 0.5) is 0 Å². The summed E-state index contributed by atoms with van der Waals surface area (Å²) in [6.07, 6.45) is 3.78. The molecule has 1 atom stereocenters. The lowest BCUT2D eigenvalue weighted by Gasteiger charge is -2.37. The molecule has 2 saturated heterocycles. The molecule has 26 heavy (non-hydrogen) atoms. The minimum atomic E-state index is 0.401. The summed E-state index contributed by atoms with van der Waals surface area (Å²) in [4.78, 5) is 5.16. The highest BCUT2D eigenvalue weighted by Gasteiger charge is 2.25. The molecule has 0 radical (unpaired) electrons. The molecule has 1 N–H and O–H groups in total. The molecule has 2 heterocycles. The van der Waals surface area contributed by atoms with Crippen molar-refractivity contribution in [3.8, 4) is 5.75 Å². The molecule has 0 aliphatic carbocycles. The SMILES string of the molecule is CCCN1CCC(NCC(c2ccc(OC)cc2)N2CCOCC2)CC1. The second-order valence-electron chi connectivity index (χ2n) is 7.46. The molecular weight excluding hydrogens is 326 g/mol. The summed E-state index contributed by atoms with van der Waals surface area (Å²) in [7, 11) is 1.72. The Kier molecular flexibility index (Phi) is 7.74. The molecule has 0 aromatic heterocycles. The van der Waals surface area contributed by atoms with E-state index in [0.29, 0.717) is 12.1 Å². The fourth-order valence-electron chi connectivity index (χ4n) is 4.13. The summed E-state index contributed by atoms with van der Waals surface area (Å²) in [5, 5.41) is 3.87. The van der Waals surface area contributed by atoms with E-state index in [1.807, 2.05) is 0 Å². The fraction of sp³-hybridized carbons (Fsp3) is 0.714.